The van der Waals surface area contributed by atoms with Crippen LogP contribution in [0.4, 0.5) is 4.39 Å². The Bertz CT molecular complexity index is 757. The van der Waals surface area contributed by atoms with E-state index in [1.165, 1.54) is 0 Å². The third-order valence-electron chi connectivity index (χ3n) is 3.04. The Morgan fingerprint density at radius 1 is 1.33 bits per heavy atom. The molecule has 126 valence electrons. The number of nitrogens with one attached hydrogen (secondary N) is 1. The first-order valence-corrected chi connectivity index (χ1v) is 7.72. The van der Waals surface area contributed by atoms with E-state index in [9.17, 15) is 4.39 Å². The minimum atomic E-state index is -0.775. The summed E-state index contributed by atoms with van der Waals surface area (Å²) in [5.74, 6) is -0.458. The summed E-state index contributed by atoms with van der Waals surface area (Å²) in [4.78, 5) is 16.7. The van der Waals surface area contributed by atoms with Crippen molar-refractivity contribution in [2.75, 3.05) is 6.54 Å². The number of nitrogens with two attached hydrogens (primary N) is 1. The fraction of sp³-hybridized carbons (Fsp3) is 0.250. The van der Waals surface area contributed by atoms with E-state index >= 15 is 0 Å². The van der Waals surface area contributed by atoms with Crippen molar-refractivity contribution in [3.05, 3.63) is 53.0 Å². The van der Waals surface area contributed by atoms with Gasteiger partial charge in [0.2, 0.25) is 0 Å². The van der Waals surface area contributed by atoms with Crippen molar-refractivity contribution in [1.82, 2.24) is 20.3 Å². The van der Waals surface area contributed by atoms with Crippen molar-refractivity contribution in [1.29, 1.82) is 0 Å². The van der Waals surface area contributed by atoms with Crippen LogP contribution in [0.15, 0.2) is 46.7 Å². The van der Waals surface area contributed by atoms with Gasteiger partial charge in [0, 0.05) is 42.0 Å². The van der Waals surface area contributed by atoms with Gasteiger partial charge >= 0.3 is 0 Å². The van der Waals surface area contributed by atoms with Crippen LogP contribution in [-0.4, -0.2) is 27.3 Å². The van der Waals surface area contributed by atoms with Crippen LogP contribution in [0.2, 0.25) is 0 Å². The molecule has 0 fully saturated rings. The van der Waals surface area contributed by atoms with E-state index < -0.39 is 5.83 Å². The molecule has 0 radical (unpaired) electrons. The van der Waals surface area contributed by atoms with Gasteiger partial charge in [0.25, 0.3) is 0 Å². The maximum Gasteiger partial charge on any atom is 0.199 e. The average Bonchev–Trinajstić information content (AvgIpc) is 2.59. The van der Waals surface area contributed by atoms with Crippen LogP contribution in [0.25, 0.3) is 11.4 Å². The number of nitrogens with zero attached hydrogens (tertiary/aromatic N) is 4. The van der Waals surface area contributed by atoms with Gasteiger partial charge in [-0.1, -0.05) is 11.6 Å². The van der Waals surface area contributed by atoms with Crippen molar-refractivity contribution in [3.63, 3.8) is 0 Å². The quantitative estimate of drug-likeness (QED) is 0.476. The number of hydrogen-bond donors (Lipinski definition) is 2. The molecule has 0 spiro atoms. The lowest BCUT2D eigenvalue weighted by atomic mass is 10.2. The minimum absolute atomic E-state index is 0.154. The highest BCUT2D eigenvalue weighted by Crippen LogP contribution is 2.15. The lowest BCUT2D eigenvalue weighted by Crippen LogP contribution is -2.18. The Kier molecular flexibility index (Phi) is 6.20. The molecule has 0 aromatic carbocycles. The van der Waals surface area contributed by atoms with Gasteiger partial charge in [0.15, 0.2) is 17.5 Å². The van der Waals surface area contributed by atoms with Gasteiger partial charge in [0.05, 0.1) is 6.54 Å². The second kappa shape index (κ2) is 8.35. The number of pyridine rings is 1. The molecule has 0 amide bonds. The van der Waals surface area contributed by atoms with E-state index in [1.54, 1.807) is 25.5 Å². The SMILES string of the molecule is CCNC(Cl)=C(F)C(N)=NCc1cnc(-c2ccnc(C)c2)nc1. The molecular formula is C16H18ClFN6. The lowest BCUT2D eigenvalue weighted by Gasteiger charge is -2.04. The largest absolute Gasteiger partial charge is 0.381 e. The van der Waals surface area contributed by atoms with Crippen LogP contribution < -0.4 is 11.1 Å². The zero-order valence-electron chi connectivity index (χ0n) is 13.4. The molecule has 0 bridgehead atoms. The highest BCUT2D eigenvalue weighted by atomic mass is 35.5. The second-order valence-corrected chi connectivity index (χ2v) is 5.34. The van der Waals surface area contributed by atoms with Crippen molar-refractivity contribution in [2.45, 2.75) is 20.4 Å². The van der Waals surface area contributed by atoms with Gasteiger partial charge in [-0.3, -0.25) is 9.98 Å². The maximum atomic E-state index is 13.8. The molecule has 0 aliphatic rings. The van der Waals surface area contributed by atoms with Crippen LogP contribution in [0.1, 0.15) is 18.2 Å². The Morgan fingerprint density at radius 3 is 2.67 bits per heavy atom. The first kappa shape index (κ1) is 17.8. The van der Waals surface area contributed by atoms with E-state index in [4.69, 9.17) is 17.3 Å². The standard InChI is InChI=1S/C16H18ClFN6/c1-3-20-14(17)13(18)15(19)22-7-11-8-23-16(24-9-11)12-4-5-21-10(2)6-12/h4-6,8-9,20H,3,7H2,1-2H3,(H2,19,22). The molecule has 0 saturated heterocycles. The fourth-order valence-electron chi connectivity index (χ4n) is 1.86. The molecule has 2 rings (SSSR count). The summed E-state index contributed by atoms with van der Waals surface area (Å²) < 4.78 is 13.8. The van der Waals surface area contributed by atoms with E-state index in [0.29, 0.717) is 17.9 Å². The number of amidine groups is 1. The number of aryl methyl sites for hydroxylation is 1. The Balaban J connectivity index is 2.09. The minimum Gasteiger partial charge on any atom is -0.381 e. The van der Waals surface area contributed by atoms with E-state index in [1.807, 2.05) is 19.1 Å². The van der Waals surface area contributed by atoms with Crippen LogP contribution in [0, 0.1) is 6.92 Å². The van der Waals surface area contributed by atoms with Gasteiger partial charge in [-0.25, -0.2) is 9.97 Å². The van der Waals surface area contributed by atoms with Crippen LogP contribution >= 0.6 is 11.6 Å². The van der Waals surface area contributed by atoms with Crippen LogP contribution in [0.3, 0.4) is 0 Å². The Labute approximate surface area is 144 Å². The summed E-state index contributed by atoms with van der Waals surface area (Å²) >= 11 is 5.71. The first-order valence-electron chi connectivity index (χ1n) is 7.34. The highest BCUT2D eigenvalue weighted by Gasteiger charge is 2.08. The predicted octanol–water partition coefficient (Wildman–Crippen LogP) is 2.69. The zero-order chi connectivity index (χ0) is 17.5. The number of halogens is 2. The third kappa shape index (κ3) is 4.73. The van der Waals surface area contributed by atoms with Crippen molar-refractivity contribution < 1.29 is 4.39 Å². The molecule has 0 unspecified atom stereocenters. The first-order chi connectivity index (χ1) is 11.5. The number of aromatic nitrogens is 3. The normalized spacial score (nSPS) is 12.8. The number of rotatable bonds is 6. The summed E-state index contributed by atoms with van der Waals surface area (Å²) in [7, 11) is 0. The topological polar surface area (TPSA) is 89.1 Å². The monoisotopic (exact) mass is 348 g/mol. The molecule has 2 aromatic heterocycles. The summed E-state index contributed by atoms with van der Waals surface area (Å²) in [6, 6.07) is 3.73. The molecule has 0 atom stereocenters. The van der Waals surface area contributed by atoms with Gasteiger partial charge in [-0.15, -0.1) is 0 Å². The smallest absolute Gasteiger partial charge is 0.199 e. The summed E-state index contributed by atoms with van der Waals surface area (Å²) in [5, 5.41) is 2.48. The second-order valence-electron chi connectivity index (χ2n) is 4.96. The number of hydrogen-bond acceptors (Lipinski definition) is 5. The van der Waals surface area contributed by atoms with Gasteiger partial charge in [-0.2, -0.15) is 4.39 Å². The van der Waals surface area contributed by atoms with Gasteiger partial charge < -0.3 is 11.1 Å². The van der Waals surface area contributed by atoms with E-state index in [-0.39, 0.29) is 17.5 Å². The van der Waals surface area contributed by atoms with E-state index in [0.717, 1.165) is 11.3 Å². The molecule has 0 saturated carbocycles. The van der Waals surface area contributed by atoms with Crippen molar-refractivity contribution in [3.8, 4) is 11.4 Å². The molecule has 6 nitrogen and oxygen atoms in total. The van der Waals surface area contributed by atoms with Crippen molar-refractivity contribution >= 4 is 17.4 Å². The highest BCUT2D eigenvalue weighted by molar-refractivity contribution is 6.31. The zero-order valence-corrected chi connectivity index (χ0v) is 14.2. The van der Waals surface area contributed by atoms with Crippen LogP contribution in [0.5, 0.6) is 0 Å². The summed E-state index contributed by atoms with van der Waals surface area (Å²) in [5.41, 5.74) is 8.05. The maximum absolute atomic E-state index is 13.8. The number of aliphatic imine (C=N–C) groups is 1. The van der Waals surface area contributed by atoms with Crippen molar-refractivity contribution in [2.24, 2.45) is 10.7 Å². The van der Waals surface area contributed by atoms with E-state index in [2.05, 4.69) is 25.3 Å². The Morgan fingerprint density at radius 2 is 2.04 bits per heavy atom. The molecule has 3 N–H and O–H groups in total. The molecular weight excluding hydrogens is 331 g/mol. The summed E-state index contributed by atoms with van der Waals surface area (Å²) in [6.45, 7) is 4.34. The third-order valence-corrected chi connectivity index (χ3v) is 3.34. The van der Waals surface area contributed by atoms with Crippen LogP contribution in [-0.2, 0) is 6.54 Å². The van der Waals surface area contributed by atoms with Gasteiger partial charge in [0.1, 0.15) is 5.16 Å². The Hall–Kier alpha value is -2.54. The fourth-order valence-corrected chi connectivity index (χ4v) is 2.09. The molecule has 24 heavy (non-hydrogen) atoms. The molecule has 2 heterocycles. The molecule has 0 aliphatic carbocycles. The predicted molar refractivity (Wildman–Crippen MR) is 93.0 cm³/mol. The molecule has 0 aliphatic heterocycles. The lowest BCUT2D eigenvalue weighted by molar-refractivity contribution is 0.658. The van der Waals surface area contributed by atoms with Gasteiger partial charge in [-0.05, 0) is 26.0 Å². The summed E-state index contributed by atoms with van der Waals surface area (Å²) in [6.07, 6.45) is 4.96. The average molecular weight is 349 g/mol. The molecule has 2 aromatic rings. The molecule has 8 heteroatoms.